The van der Waals surface area contributed by atoms with Crippen molar-refractivity contribution in [2.75, 3.05) is 32.7 Å². The quantitative estimate of drug-likeness (QED) is 0.594. The Morgan fingerprint density at radius 3 is 2.61 bits per heavy atom. The first-order valence-electron chi connectivity index (χ1n) is 10.7. The molecule has 0 saturated carbocycles. The zero-order valence-corrected chi connectivity index (χ0v) is 18.8. The van der Waals surface area contributed by atoms with Gasteiger partial charge in [-0.15, -0.1) is 6.58 Å². The van der Waals surface area contributed by atoms with Gasteiger partial charge in [-0.25, -0.2) is 4.79 Å². The van der Waals surface area contributed by atoms with Crippen LogP contribution in [0.5, 0.6) is 0 Å². The molecule has 0 radical (unpaired) electrons. The summed E-state index contributed by atoms with van der Waals surface area (Å²) in [5.74, 6) is -0.318. The van der Waals surface area contributed by atoms with Crippen molar-refractivity contribution in [3.8, 4) is 0 Å². The molecule has 0 spiro atoms. The van der Waals surface area contributed by atoms with Crippen LogP contribution in [0, 0.1) is 0 Å². The summed E-state index contributed by atoms with van der Waals surface area (Å²) in [6.07, 6.45) is 3.33. The number of hydrogen-bond acceptors (Lipinski definition) is 3. The zero-order valence-electron chi connectivity index (χ0n) is 18.1. The van der Waals surface area contributed by atoms with Crippen molar-refractivity contribution < 1.29 is 14.4 Å². The lowest BCUT2D eigenvalue weighted by Crippen LogP contribution is -2.47. The van der Waals surface area contributed by atoms with Crippen molar-refractivity contribution in [3.05, 3.63) is 58.8 Å². The molecule has 1 N–H and O–H groups in total. The van der Waals surface area contributed by atoms with E-state index in [1.54, 1.807) is 29.2 Å². The lowest BCUT2D eigenvalue weighted by molar-refractivity contribution is -0.137. The average Bonchev–Trinajstić information content (AvgIpc) is 3.05. The van der Waals surface area contributed by atoms with Crippen LogP contribution in [-0.4, -0.2) is 65.3 Å². The standard InChI is InChI=1S/C23H29ClN4O3/c1-4-10-26(11-5-2)19(29)15-27-14-18-20(22(27)30)21(16-8-7-9-17(24)13-16)25-23(31)28(18)12-6-3/h6-9,13,21H,3-5,10-12,14-15H2,1-2H3,(H,25,31)/t21-/m1/s1. The van der Waals surface area contributed by atoms with E-state index in [2.05, 4.69) is 11.9 Å². The maximum absolute atomic E-state index is 13.4. The molecule has 31 heavy (non-hydrogen) atoms. The maximum atomic E-state index is 13.4. The van der Waals surface area contributed by atoms with Crippen molar-refractivity contribution in [1.82, 2.24) is 20.0 Å². The van der Waals surface area contributed by atoms with Crippen LogP contribution in [0.3, 0.4) is 0 Å². The van der Waals surface area contributed by atoms with Crippen molar-refractivity contribution in [1.29, 1.82) is 0 Å². The molecule has 0 unspecified atom stereocenters. The molecule has 2 aliphatic heterocycles. The number of nitrogens with one attached hydrogen (secondary N) is 1. The minimum absolute atomic E-state index is 0.00970. The molecule has 4 amide bonds. The van der Waals surface area contributed by atoms with Gasteiger partial charge in [0.2, 0.25) is 5.91 Å². The van der Waals surface area contributed by atoms with Gasteiger partial charge in [-0.1, -0.05) is 43.7 Å². The second-order valence-electron chi connectivity index (χ2n) is 7.74. The molecular weight excluding hydrogens is 416 g/mol. The Morgan fingerprint density at radius 2 is 2.00 bits per heavy atom. The van der Waals surface area contributed by atoms with Gasteiger partial charge >= 0.3 is 6.03 Å². The molecule has 1 aromatic carbocycles. The van der Waals surface area contributed by atoms with Gasteiger partial charge in [0.05, 0.1) is 23.9 Å². The predicted molar refractivity (Wildman–Crippen MR) is 120 cm³/mol. The Bertz CT molecular complexity index is 908. The summed E-state index contributed by atoms with van der Waals surface area (Å²) in [5, 5.41) is 3.44. The largest absolute Gasteiger partial charge is 0.341 e. The first-order valence-corrected chi connectivity index (χ1v) is 11.0. The summed E-state index contributed by atoms with van der Waals surface area (Å²) in [4.78, 5) is 43.9. The third-order valence-corrected chi connectivity index (χ3v) is 5.69. The highest BCUT2D eigenvalue weighted by atomic mass is 35.5. The lowest BCUT2D eigenvalue weighted by atomic mass is 9.95. The van der Waals surface area contributed by atoms with Crippen LogP contribution in [0.4, 0.5) is 4.79 Å². The number of rotatable bonds is 9. The normalized spacial score (nSPS) is 18.2. The fourth-order valence-electron chi connectivity index (χ4n) is 4.10. The molecule has 8 heteroatoms. The molecule has 0 saturated heterocycles. The minimum Gasteiger partial charge on any atom is -0.341 e. The second kappa shape index (κ2) is 10.0. The molecule has 2 aliphatic rings. The maximum Gasteiger partial charge on any atom is 0.322 e. The topological polar surface area (TPSA) is 73.0 Å². The van der Waals surface area contributed by atoms with E-state index in [1.165, 1.54) is 9.80 Å². The predicted octanol–water partition coefficient (Wildman–Crippen LogP) is 3.34. The lowest BCUT2D eigenvalue weighted by Gasteiger charge is -2.33. The monoisotopic (exact) mass is 444 g/mol. The van der Waals surface area contributed by atoms with Gasteiger partial charge < -0.3 is 15.1 Å². The molecule has 0 aromatic heterocycles. The molecule has 0 aliphatic carbocycles. The zero-order chi connectivity index (χ0) is 22.5. The minimum atomic E-state index is -0.614. The molecule has 2 heterocycles. The molecule has 7 nitrogen and oxygen atoms in total. The summed E-state index contributed by atoms with van der Waals surface area (Å²) in [6, 6.07) is 6.18. The first-order chi connectivity index (χ1) is 14.9. The Morgan fingerprint density at radius 1 is 1.29 bits per heavy atom. The smallest absolute Gasteiger partial charge is 0.322 e. The van der Waals surface area contributed by atoms with Crippen LogP contribution < -0.4 is 5.32 Å². The van der Waals surface area contributed by atoms with E-state index < -0.39 is 6.04 Å². The first kappa shape index (κ1) is 22.9. The number of carbonyl (C=O) groups excluding carboxylic acids is 3. The van der Waals surface area contributed by atoms with E-state index in [-0.39, 0.29) is 37.5 Å². The number of carbonyl (C=O) groups is 3. The van der Waals surface area contributed by atoms with E-state index >= 15 is 0 Å². The summed E-state index contributed by atoms with van der Waals surface area (Å²) in [6.45, 7) is 9.58. The van der Waals surface area contributed by atoms with Crippen molar-refractivity contribution in [2.45, 2.75) is 32.7 Å². The van der Waals surface area contributed by atoms with E-state index in [9.17, 15) is 14.4 Å². The fraction of sp³-hybridized carbons (Fsp3) is 0.435. The third-order valence-electron chi connectivity index (χ3n) is 5.46. The van der Waals surface area contributed by atoms with Gasteiger partial charge in [0.1, 0.15) is 6.54 Å². The van der Waals surface area contributed by atoms with Crippen LogP contribution in [-0.2, 0) is 9.59 Å². The molecule has 166 valence electrons. The second-order valence-corrected chi connectivity index (χ2v) is 8.18. The van der Waals surface area contributed by atoms with Crippen LogP contribution in [0.15, 0.2) is 48.2 Å². The Kier molecular flexibility index (Phi) is 7.38. The molecule has 0 bridgehead atoms. The van der Waals surface area contributed by atoms with Gasteiger partial charge in [-0.3, -0.25) is 14.5 Å². The summed E-state index contributed by atoms with van der Waals surface area (Å²) < 4.78 is 0. The molecule has 1 atom stereocenters. The van der Waals surface area contributed by atoms with Crippen molar-refractivity contribution >= 4 is 29.4 Å². The number of nitrogens with zero attached hydrogens (tertiary/aromatic N) is 3. The summed E-state index contributed by atoms with van der Waals surface area (Å²) in [7, 11) is 0. The highest BCUT2D eigenvalue weighted by Gasteiger charge is 2.44. The van der Waals surface area contributed by atoms with Crippen molar-refractivity contribution in [3.63, 3.8) is 0 Å². The molecule has 0 fully saturated rings. The van der Waals surface area contributed by atoms with Crippen LogP contribution >= 0.6 is 11.6 Å². The fourth-order valence-corrected chi connectivity index (χ4v) is 4.30. The van der Waals surface area contributed by atoms with Gasteiger partial charge in [0, 0.05) is 24.7 Å². The average molecular weight is 445 g/mol. The Labute approximate surface area is 188 Å². The van der Waals surface area contributed by atoms with Crippen LogP contribution in [0.1, 0.15) is 38.3 Å². The van der Waals surface area contributed by atoms with Crippen LogP contribution in [0.2, 0.25) is 5.02 Å². The number of halogens is 1. The number of benzene rings is 1. The van der Waals surface area contributed by atoms with Crippen LogP contribution in [0.25, 0.3) is 0 Å². The van der Waals surface area contributed by atoms with E-state index in [0.29, 0.717) is 29.4 Å². The molecule has 3 rings (SSSR count). The van der Waals surface area contributed by atoms with E-state index in [4.69, 9.17) is 11.6 Å². The summed E-state index contributed by atoms with van der Waals surface area (Å²) in [5.41, 5.74) is 1.82. The third kappa shape index (κ3) is 4.77. The van der Waals surface area contributed by atoms with Gasteiger partial charge in [0.15, 0.2) is 0 Å². The SMILES string of the molecule is C=CCN1C(=O)N[C@H](c2cccc(Cl)c2)C2=C1CN(CC(=O)N(CCC)CCC)C2=O. The summed E-state index contributed by atoms with van der Waals surface area (Å²) >= 11 is 6.15. The van der Waals surface area contributed by atoms with E-state index in [1.807, 2.05) is 19.9 Å². The Balaban J connectivity index is 1.91. The number of hydrogen-bond donors (Lipinski definition) is 1. The number of urea groups is 1. The van der Waals surface area contributed by atoms with Crippen molar-refractivity contribution in [2.24, 2.45) is 0 Å². The molecular formula is C23H29ClN4O3. The highest BCUT2D eigenvalue weighted by Crippen LogP contribution is 2.36. The Hall–Kier alpha value is -2.80. The van der Waals surface area contributed by atoms with Gasteiger partial charge in [-0.2, -0.15) is 0 Å². The van der Waals surface area contributed by atoms with Gasteiger partial charge in [0.25, 0.3) is 5.91 Å². The number of amides is 4. The molecule has 1 aromatic rings. The van der Waals surface area contributed by atoms with E-state index in [0.717, 1.165) is 18.4 Å². The highest BCUT2D eigenvalue weighted by molar-refractivity contribution is 6.30. The van der Waals surface area contributed by atoms with Gasteiger partial charge in [-0.05, 0) is 30.5 Å².